The summed E-state index contributed by atoms with van der Waals surface area (Å²) in [5.41, 5.74) is 7.15. The first-order chi connectivity index (χ1) is 17.3. The van der Waals surface area contributed by atoms with Gasteiger partial charge in [-0.25, -0.2) is 4.79 Å². The Kier molecular flexibility index (Phi) is 10.6. The predicted molar refractivity (Wildman–Crippen MR) is 136 cm³/mol. The fraction of sp³-hybridized carbons (Fsp3) is 0.520. The number of benzene rings is 1. The molecule has 2 rings (SSSR count). The van der Waals surface area contributed by atoms with Gasteiger partial charge in [-0.3, -0.25) is 14.4 Å². The first-order valence-corrected chi connectivity index (χ1v) is 12.1. The smallest absolute Gasteiger partial charge is 0.326 e. The molecular weight excluding hydrogens is 482 g/mol. The van der Waals surface area contributed by atoms with Crippen LogP contribution in [-0.4, -0.2) is 80.4 Å². The van der Waals surface area contributed by atoms with E-state index in [0.29, 0.717) is 5.56 Å². The van der Waals surface area contributed by atoms with Crippen molar-refractivity contribution >= 4 is 34.6 Å². The molecule has 9 N–H and O–H groups in total. The number of nitrogens with two attached hydrogens (primary N) is 1. The van der Waals surface area contributed by atoms with E-state index in [2.05, 4.69) is 20.9 Å². The maximum Gasteiger partial charge on any atom is 0.326 e. The van der Waals surface area contributed by atoms with Gasteiger partial charge < -0.3 is 42.0 Å². The van der Waals surface area contributed by atoms with E-state index in [1.807, 2.05) is 38.1 Å². The number of aliphatic carboxylic acids is 1. The van der Waals surface area contributed by atoms with Gasteiger partial charge in [-0.05, 0) is 37.8 Å². The minimum Gasteiger partial charge on any atom is -0.480 e. The molecule has 37 heavy (non-hydrogen) atoms. The van der Waals surface area contributed by atoms with Crippen molar-refractivity contribution in [2.45, 2.75) is 76.9 Å². The highest BCUT2D eigenvalue weighted by Gasteiger charge is 2.33. The first kappa shape index (κ1) is 29.7. The van der Waals surface area contributed by atoms with Crippen LogP contribution < -0.4 is 21.7 Å². The Morgan fingerprint density at radius 3 is 2.08 bits per heavy atom. The van der Waals surface area contributed by atoms with Crippen molar-refractivity contribution < 1.29 is 34.5 Å². The van der Waals surface area contributed by atoms with Gasteiger partial charge in [0.15, 0.2) is 0 Å². The van der Waals surface area contributed by atoms with E-state index in [-0.39, 0.29) is 18.8 Å². The van der Waals surface area contributed by atoms with E-state index in [9.17, 15) is 34.5 Å². The standard InChI is InChI=1S/C25H37N5O7/c1-12(2)9-18(28-23(34)20(26)13(3)31)22(33)30-21(14(4)32)24(35)29-19(25(36)37)10-15-11-27-17-8-6-5-7-16(15)17/h5-8,11-14,18-21,27,31-32H,9-10,26H2,1-4H3,(H,28,34)(H,29,35)(H,30,33)(H,36,37). The summed E-state index contributed by atoms with van der Waals surface area (Å²) >= 11 is 0. The molecule has 6 unspecified atom stereocenters. The van der Waals surface area contributed by atoms with E-state index in [4.69, 9.17) is 5.73 Å². The maximum absolute atomic E-state index is 13.0. The highest BCUT2D eigenvalue weighted by Crippen LogP contribution is 2.19. The molecule has 2 aromatic rings. The highest BCUT2D eigenvalue weighted by molar-refractivity contribution is 5.94. The molecule has 0 fully saturated rings. The third-order valence-electron chi connectivity index (χ3n) is 5.94. The number of carboxylic acid groups (broad SMARTS) is 1. The summed E-state index contributed by atoms with van der Waals surface area (Å²) in [7, 11) is 0. The molecule has 0 saturated heterocycles. The molecule has 0 aliphatic heterocycles. The van der Waals surface area contributed by atoms with Crippen molar-refractivity contribution in [3.63, 3.8) is 0 Å². The number of amides is 3. The summed E-state index contributed by atoms with van der Waals surface area (Å²) in [5.74, 6) is -3.73. The molecule has 3 amide bonds. The molecule has 0 aliphatic carbocycles. The molecule has 12 heteroatoms. The van der Waals surface area contributed by atoms with Crippen molar-refractivity contribution in [3.05, 3.63) is 36.0 Å². The third kappa shape index (κ3) is 8.27. The number of fused-ring (bicyclic) bond motifs is 1. The minimum atomic E-state index is -1.49. The van der Waals surface area contributed by atoms with Crippen LogP contribution in [-0.2, 0) is 25.6 Å². The van der Waals surface area contributed by atoms with E-state index in [0.717, 1.165) is 10.9 Å². The van der Waals surface area contributed by atoms with E-state index in [1.54, 1.807) is 6.20 Å². The lowest BCUT2D eigenvalue weighted by molar-refractivity contribution is -0.143. The van der Waals surface area contributed by atoms with E-state index < -0.39 is 60.1 Å². The lowest BCUT2D eigenvalue weighted by atomic mass is 10.0. The van der Waals surface area contributed by atoms with Gasteiger partial charge in [0.2, 0.25) is 17.7 Å². The van der Waals surface area contributed by atoms with Crippen LogP contribution in [0.25, 0.3) is 10.9 Å². The molecule has 1 aromatic carbocycles. The van der Waals surface area contributed by atoms with Gasteiger partial charge in [0, 0.05) is 23.5 Å². The van der Waals surface area contributed by atoms with Gasteiger partial charge in [0.25, 0.3) is 0 Å². The fourth-order valence-electron chi connectivity index (χ4n) is 3.83. The molecule has 1 aromatic heterocycles. The summed E-state index contributed by atoms with van der Waals surface area (Å²) < 4.78 is 0. The van der Waals surface area contributed by atoms with Crippen molar-refractivity contribution in [1.82, 2.24) is 20.9 Å². The summed E-state index contributed by atoms with van der Waals surface area (Å²) in [6.07, 6.45) is -0.700. The number of rotatable bonds is 13. The lowest BCUT2D eigenvalue weighted by Crippen LogP contribution is -2.60. The molecule has 6 atom stereocenters. The number of hydrogen-bond donors (Lipinski definition) is 8. The minimum absolute atomic E-state index is 0.0329. The van der Waals surface area contributed by atoms with Gasteiger partial charge >= 0.3 is 5.97 Å². The van der Waals surface area contributed by atoms with Crippen LogP contribution in [0.15, 0.2) is 30.5 Å². The van der Waals surface area contributed by atoms with Gasteiger partial charge in [0.1, 0.15) is 24.2 Å². The van der Waals surface area contributed by atoms with Crippen LogP contribution in [0.4, 0.5) is 0 Å². The number of aliphatic hydroxyl groups is 2. The van der Waals surface area contributed by atoms with Crippen molar-refractivity contribution in [3.8, 4) is 0 Å². The zero-order valence-electron chi connectivity index (χ0n) is 21.4. The second kappa shape index (κ2) is 13.2. The summed E-state index contributed by atoms with van der Waals surface area (Å²) in [6, 6.07) is 2.12. The molecule has 204 valence electrons. The first-order valence-electron chi connectivity index (χ1n) is 12.1. The van der Waals surface area contributed by atoms with Gasteiger partial charge in [-0.2, -0.15) is 0 Å². The average Bonchev–Trinajstić information content (AvgIpc) is 3.22. The normalized spacial score (nSPS) is 16.3. The van der Waals surface area contributed by atoms with Crippen LogP contribution >= 0.6 is 0 Å². The van der Waals surface area contributed by atoms with Crippen LogP contribution in [0.5, 0.6) is 0 Å². The number of carbonyl (C=O) groups excluding carboxylic acids is 3. The molecule has 1 heterocycles. The number of hydrogen-bond acceptors (Lipinski definition) is 7. The molecule has 0 aliphatic rings. The van der Waals surface area contributed by atoms with Gasteiger partial charge in [-0.1, -0.05) is 32.0 Å². The fourth-order valence-corrected chi connectivity index (χ4v) is 3.83. The zero-order valence-corrected chi connectivity index (χ0v) is 21.4. The van der Waals surface area contributed by atoms with Gasteiger partial charge in [-0.15, -0.1) is 0 Å². The summed E-state index contributed by atoms with van der Waals surface area (Å²) in [4.78, 5) is 53.3. The number of carbonyl (C=O) groups is 4. The van der Waals surface area contributed by atoms with Crippen LogP contribution in [0, 0.1) is 5.92 Å². The molecule has 12 nitrogen and oxygen atoms in total. The van der Waals surface area contributed by atoms with Crippen LogP contribution in [0.1, 0.15) is 39.7 Å². The third-order valence-corrected chi connectivity index (χ3v) is 5.94. The highest BCUT2D eigenvalue weighted by atomic mass is 16.4. The van der Waals surface area contributed by atoms with Crippen LogP contribution in [0.3, 0.4) is 0 Å². The number of aromatic amines is 1. The molecular formula is C25H37N5O7. The average molecular weight is 520 g/mol. The Labute approximate surface area is 215 Å². The Hall–Kier alpha value is -3.48. The maximum atomic E-state index is 13.0. The number of nitrogens with one attached hydrogen (secondary N) is 4. The van der Waals surface area contributed by atoms with Crippen molar-refractivity contribution in [2.75, 3.05) is 0 Å². The SMILES string of the molecule is CC(C)CC(NC(=O)C(N)C(C)O)C(=O)NC(C(=O)NC(Cc1c[nH]c2ccccc12)C(=O)O)C(C)O. The number of para-hydroxylation sites is 1. The Morgan fingerprint density at radius 1 is 0.892 bits per heavy atom. The molecule has 0 bridgehead atoms. The van der Waals surface area contributed by atoms with Gasteiger partial charge in [0.05, 0.1) is 12.2 Å². The molecule has 0 spiro atoms. The van der Waals surface area contributed by atoms with Crippen molar-refractivity contribution in [1.29, 1.82) is 0 Å². The molecule has 0 radical (unpaired) electrons. The topological polar surface area (TPSA) is 207 Å². The summed E-state index contributed by atoms with van der Waals surface area (Å²) in [5, 5.41) is 37.6. The number of aliphatic hydroxyl groups excluding tert-OH is 2. The summed E-state index contributed by atoms with van der Waals surface area (Å²) in [6.45, 7) is 6.26. The second-order valence-electron chi connectivity index (χ2n) is 9.65. The van der Waals surface area contributed by atoms with E-state index >= 15 is 0 Å². The number of aromatic nitrogens is 1. The largest absolute Gasteiger partial charge is 0.480 e. The predicted octanol–water partition coefficient (Wildman–Crippen LogP) is -0.616. The lowest BCUT2D eigenvalue weighted by Gasteiger charge is -2.27. The number of H-pyrrole nitrogens is 1. The quantitative estimate of drug-likeness (QED) is 0.171. The number of carboxylic acids is 1. The zero-order chi connectivity index (χ0) is 27.9. The monoisotopic (exact) mass is 519 g/mol. The molecule has 0 saturated carbocycles. The Morgan fingerprint density at radius 2 is 1.51 bits per heavy atom. The van der Waals surface area contributed by atoms with Crippen LogP contribution in [0.2, 0.25) is 0 Å². The van der Waals surface area contributed by atoms with E-state index in [1.165, 1.54) is 13.8 Å². The second-order valence-corrected chi connectivity index (χ2v) is 9.65. The van der Waals surface area contributed by atoms with Crippen molar-refractivity contribution in [2.24, 2.45) is 11.7 Å². The Bertz CT molecular complexity index is 1100. The Balaban J connectivity index is 2.16.